The lowest BCUT2D eigenvalue weighted by molar-refractivity contribution is -0.138. The summed E-state index contributed by atoms with van der Waals surface area (Å²) in [7, 11) is 0.681. The largest absolute Gasteiger partial charge is 0.463 e. The van der Waals surface area contributed by atoms with E-state index in [1.54, 1.807) is 0 Å². The average Bonchev–Trinajstić information content (AvgIpc) is 2.29. The van der Waals surface area contributed by atoms with Gasteiger partial charge < -0.3 is 4.74 Å². The van der Waals surface area contributed by atoms with Gasteiger partial charge in [-0.05, 0) is 23.9 Å². The first-order valence-corrected chi connectivity index (χ1v) is 6.22. The molecule has 15 heavy (non-hydrogen) atoms. The topological polar surface area (TPSA) is 26.3 Å². The first-order valence-electron chi connectivity index (χ1n) is 5.02. The van der Waals surface area contributed by atoms with Gasteiger partial charge in [0.1, 0.15) is 0 Å². The SMILES string of the molecule is CCOC(=O)C1=Cc2ccccc2PC1. The van der Waals surface area contributed by atoms with Crippen LogP contribution in [0.5, 0.6) is 0 Å². The van der Waals surface area contributed by atoms with Gasteiger partial charge in [-0.2, -0.15) is 0 Å². The van der Waals surface area contributed by atoms with Crippen LogP contribution in [0.25, 0.3) is 6.08 Å². The molecule has 0 saturated carbocycles. The molecule has 1 aliphatic rings. The molecule has 1 atom stereocenters. The van der Waals surface area contributed by atoms with Crippen LogP contribution in [-0.4, -0.2) is 18.7 Å². The van der Waals surface area contributed by atoms with E-state index < -0.39 is 0 Å². The van der Waals surface area contributed by atoms with Crippen molar-refractivity contribution in [3.63, 3.8) is 0 Å². The highest BCUT2D eigenvalue weighted by molar-refractivity contribution is 7.48. The molecule has 2 rings (SSSR count). The second-order valence-corrected chi connectivity index (χ2v) is 4.58. The van der Waals surface area contributed by atoms with Gasteiger partial charge in [-0.3, -0.25) is 0 Å². The average molecular weight is 220 g/mol. The van der Waals surface area contributed by atoms with E-state index in [1.165, 1.54) is 5.30 Å². The highest BCUT2D eigenvalue weighted by Crippen LogP contribution is 2.25. The first-order chi connectivity index (χ1) is 7.31. The fraction of sp³-hybridized carbons (Fsp3) is 0.250. The minimum atomic E-state index is -0.167. The fourth-order valence-corrected chi connectivity index (χ4v) is 2.77. The molecule has 2 nitrogen and oxygen atoms in total. The molecule has 1 unspecified atom stereocenters. The lowest BCUT2D eigenvalue weighted by Crippen LogP contribution is -2.15. The minimum absolute atomic E-state index is 0.167. The lowest BCUT2D eigenvalue weighted by atomic mass is 10.1. The third kappa shape index (κ3) is 2.27. The molecule has 0 radical (unpaired) electrons. The Kier molecular flexibility index (Phi) is 3.17. The van der Waals surface area contributed by atoms with Crippen molar-refractivity contribution in [2.45, 2.75) is 6.92 Å². The minimum Gasteiger partial charge on any atom is -0.463 e. The van der Waals surface area contributed by atoms with Crippen molar-refractivity contribution in [3.8, 4) is 0 Å². The van der Waals surface area contributed by atoms with Crippen LogP contribution in [-0.2, 0) is 9.53 Å². The lowest BCUT2D eigenvalue weighted by Gasteiger charge is -2.14. The van der Waals surface area contributed by atoms with Crippen molar-refractivity contribution in [2.24, 2.45) is 0 Å². The van der Waals surface area contributed by atoms with Gasteiger partial charge in [0.15, 0.2) is 0 Å². The standard InChI is InChI=1S/C12H13O2P/c1-2-14-12(13)10-7-9-5-3-4-6-11(9)15-8-10/h3-7,15H,2,8H2,1H3. The van der Waals surface area contributed by atoms with E-state index in [9.17, 15) is 4.79 Å². The molecular formula is C12H13O2P. The van der Waals surface area contributed by atoms with Crippen LogP contribution in [0.4, 0.5) is 0 Å². The molecule has 1 aromatic carbocycles. The van der Waals surface area contributed by atoms with Gasteiger partial charge in [-0.25, -0.2) is 4.79 Å². The number of benzene rings is 1. The maximum absolute atomic E-state index is 11.5. The molecule has 1 aliphatic heterocycles. The Bertz CT molecular complexity index is 410. The van der Waals surface area contributed by atoms with E-state index in [0.717, 1.165) is 17.3 Å². The molecule has 3 heteroatoms. The van der Waals surface area contributed by atoms with Crippen molar-refractivity contribution < 1.29 is 9.53 Å². The Balaban J connectivity index is 2.25. The summed E-state index contributed by atoms with van der Waals surface area (Å²) in [5.74, 6) is -0.167. The Hall–Kier alpha value is -1.14. The molecular weight excluding hydrogens is 207 g/mol. The second kappa shape index (κ2) is 4.59. The molecule has 0 bridgehead atoms. The summed E-state index contributed by atoms with van der Waals surface area (Å²) in [6.07, 6.45) is 2.76. The van der Waals surface area contributed by atoms with Crippen LogP contribution in [0.1, 0.15) is 12.5 Å². The zero-order chi connectivity index (χ0) is 10.7. The zero-order valence-corrected chi connectivity index (χ0v) is 9.62. The maximum atomic E-state index is 11.5. The summed E-state index contributed by atoms with van der Waals surface area (Å²) >= 11 is 0. The Labute approximate surface area is 91.1 Å². The van der Waals surface area contributed by atoms with Crippen LogP contribution >= 0.6 is 8.58 Å². The van der Waals surface area contributed by atoms with E-state index in [-0.39, 0.29) is 5.97 Å². The van der Waals surface area contributed by atoms with Gasteiger partial charge in [0, 0.05) is 11.7 Å². The van der Waals surface area contributed by atoms with Crippen molar-refractivity contribution in [1.82, 2.24) is 0 Å². The molecule has 0 amide bonds. The monoisotopic (exact) mass is 220 g/mol. The van der Waals surface area contributed by atoms with E-state index in [0.29, 0.717) is 15.2 Å². The summed E-state index contributed by atoms with van der Waals surface area (Å²) < 4.78 is 4.99. The van der Waals surface area contributed by atoms with Gasteiger partial charge in [-0.1, -0.05) is 32.8 Å². The van der Waals surface area contributed by atoms with Gasteiger partial charge in [0.05, 0.1) is 6.61 Å². The molecule has 0 N–H and O–H groups in total. The highest BCUT2D eigenvalue weighted by atomic mass is 31.1. The smallest absolute Gasteiger partial charge is 0.334 e. The molecule has 0 aliphatic carbocycles. The number of hydrogen-bond acceptors (Lipinski definition) is 2. The maximum Gasteiger partial charge on any atom is 0.334 e. The summed E-state index contributed by atoms with van der Waals surface area (Å²) in [6.45, 7) is 2.28. The van der Waals surface area contributed by atoms with Crippen LogP contribution < -0.4 is 5.30 Å². The van der Waals surface area contributed by atoms with Crippen LogP contribution in [0.15, 0.2) is 29.8 Å². The highest BCUT2D eigenvalue weighted by Gasteiger charge is 2.16. The van der Waals surface area contributed by atoms with Gasteiger partial charge in [0.2, 0.25) is 0 Å². The third-order valence-corrected chi connectivity index (χ3v) is 3.69. The van der Waals surface area contributed by atoms with E-state index in [4.69, 9.17) is 4.74 Å². The summed E-state index contributed by atoms with van der Waals surface area (Å²) in [6, 6.07) is 8.19. The van der Waals surface area contributed by atoms with Crippen LogP contribution in [0.3, 0.4) is 0 Å². The molecule has 78 valence electrons. The van der Waals surface area contributed by atoms with Gasteiger partial charge in [0.25, 0.3) is 0 Å². The van der Waals surface area contributed by atoms with E-state index in [1.807, 2.05) is 31.2 Å². The number of esters is 1. The molecule has 0 fully saturated rings. The molecule has 1 heterocycles. The van der Waals surface area contributed by atoms with E-state index in [2.05, 4.69) is 6.07 Å². The molecule has 0 aromatic heterocycles. The normalized spacial score (nSPS) is 15.7. The predicted octanol–water partition coefficient (Wildman–Crippen LogP) is 1.95. The van der Waals surface area contributed by atoms with Crippen LogP contribution in [0, 0.1) is 0 Å². The van der Waals surface area contributed by atoms with Crippen molar-refractivity contribution in [2.75, 3.05) is 12.8 Å². The number of rotatable bonds is 2. The summed E-state index contributed by atoms with van der Waals surface area (Å²) in [5, 5.41) is 1.34. The molecule has 0 saturated heterocycles. The van der Waals surface area contributed by atoms with Crippen molar-refractivity contribution in [3.05, 3.63) is 35.4 Å². The number of carbonyl (C=O) groups excluding carboxylic acids is 1. The number of ether oxygens (including phenoxy) is 1. The zero-order valence-electron chi connectivity index (χ0n) is 8.62. The number of carbonyl (C=O) groups is 1. The molecule has 1 aromatic rings. The Morgan fingerprint density at radius 1 is 1.47 bits per heavy atom. The first kappa shape index (κ1) is 10.4. The van der Waals surface area contributed by atoms with Crippen molar-refractivity contribution in [1.29, 1.82) is 0 Å². The van der Waals surface area contributed by atoms with Crippen LogP contribution in [0.2, 0.25) is 0 Å². The molecule has 0 spiro atoms. The predicted molar refractivity (Wildman–Crippen MR) is 63.9 cm³/mol. The second-order valence-electron chi connectivity index (χ2n) is 3.33. The third-order valence-electron chi connectivity index (χ3n) is 2.30. The Morgan fingerprint density at radius 3 is 3.07 bits per heavy atom. The quantitative estimate of drug-likeness (QED) is 0.562. The van der Waals surface area contributed by atoms with Crippen molar-refractivity contribution >= 4 is 25.9 Å². The number of hydrogen-bond donors (Lipinski definition) is 0. The van der Waals surface area contributed by atoms with Gasteiger partial charge >= 0.3 is 5.97 Å². The summed E-state index contributed by atoms with van der Waals surface area (Å²) in [4.78, 5) is 11.5. The van der Waals surface area contributed by atoms with Gasteiger partial charge in [-0.15, -0.1) is 0 Å². The Morgan fingerprint density at radius 2 is 2.27 bits per heavy atom. The summed E-state index contributed by atoms with van der Waals surface area (Å²) in [5.41, 5.74) is 1.96. The fourth-order valence-electron chi connectivity index (χ4n) is 1.57. The number of fused-ring (bicyclic) bond motifs is 1. The van der Waals surface area contributed by atoms with E-state index >= 15 is 0 Å².